The van der Waals surface area contributed by atoms with Crippen LogP contribution in [0.5, 0.6) is 5.88 Å². The van der Waals surface area contributed by atoms with Gasteiger partial charge < -0.3 is 20.5 Å². The van der Waals surface area contributed by atoms with Crippen LogP contribution < -0.4 is 20.9 Å². The van der Waals surface area contributed by atoms with Gasteiger partial charge in [-0.25, -0.2) is 9.67 Å². The Kier molecular flexibility index (Phi) is 9.23. The van der Waals surface area contributed by atoms with E-state index < -0.39 is 11.5 Å². The molecule has 9 nitrogen and oxygen atoms in total. The minimum absolute atomic E-state index is 0.0506. The number of benzene rings is 2. The van der Waals surface area contributed by atoms with Crippen molar-refractivity contribution in [2.24, 2.45) is 7.05 Å². The van der Waals surface area contributed by atoms with Crippen LogP contribution in [0.2, 0.25) is 10.0 Å². The number of carbonyl (C=O) groups is 1. The van der Waals surface area contributed by atoms with E-state index in [0.29, 0.717) is 45.5 Å². The van der Waals surface area contributed by atoms with Gasteiger partial charge in [-0.05, 0) is 31.0 Å². The van der Waals surface area contributed by atoms with Gasteiger partial charge in [-0.15, -0.1) is 0 Å². The number of hydrogen-bond donors (Lipinski definition) is 3. The zero-order valence-corrected chi connectivity index (χ0v) is 24.7. The maximum Gasteiger partial charge on any atom is 0.279 e. The van der Waals surface area contributed by atoms with E-state index in [4.69, 9.17) is 32.9 Å². The molecule has 2 atom stereocenters. The summed E-state index contributed by atoms with van der Waals surface area (Å²) in [4.78, 5) is 29.9. The van der Waals surface area contributed by atoms with E-state index in [1.54, 1.807) is 25.3 Å². The fraction of sp³-hybridized carbons (Fsp3) is 0.290. The van der Waals surface area contributed by atoms with Crippen molar-refractivity contribution in [2.45, 2.75) is 44.4 Å². The summed E-state index contributed by atoms with van der Waals surface area (Å²) in [5, 5.41) is 21.0. The third-order valence-electron chi connectivity index (χ3n) is 7.48. The summed E-state index contributed by atoms with van der Waals surface area (Å²) in [5.41, 5.74) is 3.18. The maximum absolute atomic E-state index is 12.9. The number of halogens is 2. The lowest BCUT2D eigenvalue weighted by molar-refractivity contribution is 0.0901. The lowest BCUT2D eigenvalue weighted by atomic mass is 9.92. The molecule has 2 aromatic heterocycles. The van der Waals surface area contributed by atoms with E-state index in [0.717, 1.165) is 35.9 Å². The van der Waals surface area contributed by atoms with Gasteiger partial charge in [-0.3, -0.25) is 9.59 Å². The van der Waals surface area contributed by atoms with Crippen LogP contribution in [0.1, 0.15) is 41.6 Å². The smallest absolute Gasteiger partial charge is 0.279 e. The summed E-state index contributed by atoms with van der Waals surface area (Å²) >= 11 is 13.7. The van der Waals surface area contributed by atoms with Gasteiger partial charge in [0.2, 0.25) is 5.88 Å². The van der Waals surface area contributed by atoms with Crippen LogP contribution in [0.3, 0.4) is 0 Å². The van der Waals surface area contributed by atoms with E-state index in [2.05, 4.69) is 15.7 Å². The van der Waals surface area contributed by atoms with Crippen molar-refractivity contribution in [3.05, 3.63) is 92.3 Å². The number of aliphatic hydroxyl groups excluding tert-OH is 1. The molecule has 218 valence electrons. The Bertz CT molecular complexity index is 1680. The molecular formula is C31H31Cl2N5O4. The molecule has 1 aliphatic rings. The van der Waals surface area contributed by atoms with E-state index in [9.17, 15) is 14.7 Å². The molecule has 0 bridgehead atoms. The van der Waals surface area contributed by atoms with Gasteiger partial charge in [0.25, 0.3) is 11.5 Å². The number of methoxy groups -OCH3 is 1. The highest BCUT2D eigenvalue weighted by molar-refractivity contribution is 6.39. The van der Waals surface area contributed by atoms with Crippen LogP contribution in [0.15, 0.2) is 65.6 Å². The SMILES string of the molecule is COc1nc(-c2cccc(-c3cccc(NC(=O)c4ccnn(C)c4=O)c3Cl)c2Cl)ccc1CNC1CCCCC1O. The van der Waals surface area contributed by atoms with Gasteiger partial charge in [0.15, 0.2) is 0 Å². The molecule has 2 aromatic carbocycles. The van der Waals surface area contributed by atoms with Crippen molar-refractivity contribution in [1.82, 2.24) is 20.1 Å². The first kappa shape index (κ1) is 29.7. The lowest BCUT2D eigenvalue weighted by Crippen LogP contribution is -2.41. The summed E-state index contributed by atoms with van der Waals surface area (Å²) in [6.45, 7) is 0.520. The van der Waals surface area contributed by atoms with Crippen molar-refractivity contribution in [1.29, 1.82) is 0 Å². The molecule has 0 saturated heterocycles. The van der Waals surface area contributed by atoms with E-state index in [-0.39, 0.29) is 22.7 Å². The maximum atomic E-state index is 12.9. The van der Waals surface area contributed by atoms with Gasteiger partial charge in [0.1, 0.15) is 5.56 Å². The third-order valence-corrected chi connectivity index (χ3v) is 8.29. The number of aryl methyl sites for hydroxylation is 1. The number of amides is 1. The number of hydrogen-bond acceptors (Lipinski definition) is 7. The standard InChI is InChI=1S/C31H31Cl2N5O4/c1-38-31(41)22(15-16-35-38)29(40)36-25-11-6-8-20(28(25)33)19-7-5-9-21(27(19)32)23-14-13-18(30(37-23)42-2)17-34-24-10-3-4-12-26(24)39/h5-9,11,13-16,24,26,34,39H,3-4,10,12,17H2,1-2H3,(H,36,40). The zero-order chi connectivity index (χ0) is 29.8. The summed E-state index contributed by atoms with van der Waals surface area (Å²) in [7, 11) is 3.05. The number of carbonyl (C=O) groups excluding carboxylic acids is 1. The Morgan fingerprint density at radius 2 is 1.74 bits per heavy atom. The Morgan fingerprint density at radius 3 is 2.50 bits per heavy atom. The molecule has 1 aliphatic carbocycles. The summed E-state index contributed by atoms with van der Waals surface area (Å²) in [6.07, 6.45) is 4.93. The van der Waals surface area contributed by atoms with Gasteiger partial charge in [0, 0.05) is 48.1 Å². The van der Waals surface area contributed by atoms with Crippen molar-refractivity contribution >= 4 is 34.8 Å². The minimum Gasteiger partial charge on any atom is -0.481 e. The molecule has 1 saturated carbocycles. The van der Waals surface area contributed by atoms with Gasteiger partial charge in [-0.2, -0.15) is 5.10 Å². The highest BCUT2D eigenvalue weighted by Crippen LogP contribution is 2.41. The van der Waals surface area contributed by atoms with Gasteiger partial charge in [-0.1, -0.05) is 72.4 Å². The molecule has 0 aliphatic heterocycles. The number of ether oxygens (including phenoxy) is 1. The minimum atomic E-state index is -0.597. The van der Waals surface area contributed by atoms with Crippen molar-refractivity contribution in [2.75, 3.05) is 12.4 Å². The Balaban J connectivity index is 1.41. The van der Waals surface area contributed by atoms with Crippen LogP contribution in [-0.4, -0.2) is 45.0 Å². The summed E-state index contributed by atoms with van der Waals surface area (Å²) in [5.74, 6) is -0.127. The second-order valence-electron chi connectivity index (χ2n) is 10.2. The average molecular weight is 609 g/mol. The molecule has 1 amide bonds. The van der Waals surface area contributed by atoms with Crippen LogP contribution in [0, 0.1) is 0 Å². The van der Waals surface area contributed by atoms with Crippen LogP contribution >= 0.6 is 23.2 Å². The quantitative estimate of drug-likeness (QED) is 0.243. The van der Waals surface area contributed by atoms with Crippen LogP contribution in [-0.2, 0) is 13.6 Å². The predicted molar refractivity (Wildman–Crippen MR) is 164 cm³/mol. The zero-order valence-electron chi connectivity index (χ0n) is 23.2. The normalized spacial score (nSPS) is 16.7. The molecule has 2 unspecified atom stereocenters. The van der Waals surface area contributed by atoms with Gasteiger partial charge >= 0.3 is 0 Å². The first-order valence-electron chi connectivity index (χ1n) is 13.6. The fourth-order valence-corrected chi connectivity index (χ4v) is 5.76. The number of pyridine rings is 1. The van der Waals surface area contributed by atoms with Crippen LogP contribution in [0.4, 0.5) is 5.69 Å². The van der Waals surface area contributed by atoms with Crippen LogP contribution in [0.25, 0.3) is 22.4 Å². The number of aliphatic hydroxyl groups is 1. The molecular weight excluding hydrogens is 577 g/mol. The summed E-state index contributed by atoms with van der Waals surface area (Å²) in [6, 6.07) is 16.0. The first-order valence-corrected chi connectivity index (χ1v) is 14.4. The van der Waals surface area contributed by atoms with E-state index >= 15 is 0 Å². The van der Waals surface area contributed by atoms with Gasteiger partial charge in [0.05, 0.1) is 34.6 Å². The number of nitrogens with zero attached hydrogens (tertiary/aromatic N) is 3. The Labute approximate surface area is 253 Å². The van der Waals surface area contributed by atoms with Crippen molar-refractivity contribution in [3.63, 3.8) is 0 Å². The number of rotatable bonds is 8. The highest BCUT2D eigenvalue weighted by Gasteiger charge is 2.23. The number of nitrogens with one attached hydrogen (secondary N) is 2. The highest BCUT2D eigenvalue weighted by atomic mass is 35.5. The van der Waals surface area contributed by atoms with Crippen molar-refractivity contribution in [3.8, 4) is 28.3 Å². The first-order chi connectivity index (χ1) is 20.3. The number of aromatic nitrogens is 3. The predicted octanol–water partition coefficient (Wildman–Crippen LogP) is 5.47. The molecule has 2 heterocycles. The molecule has 3 N–H and O–H groups in total. The Hall–Kier alpha value is -3.76. The average Bonchev–Trinajstić information content (AvgIpc) is 2.99. The lowest BCUT2D eigenvalue weighted by Gasteiger charge is -2.28. The molecule has 11 heteroatoms. The summed E-state index contributed by atoms with van der Waals surface area (Å²) < 4.78 is 6.70. The topological polar surface area (TPSA) is 118 Å². The molecule has 4 aromatic rings. The monoisotopic (exact) mass is 607 g/mol. The van der Waals surface area contributed by atoms with E-state index in [1.165, 1.54) is 19.3 Å². The fourth-order valence-electron chi connectivity index (χ4n) is 5.16. The second-order valence-corrected chi connectivity index (χ2v) is 10.9. The number of anilines is 1. The molecule has 42 heavy (non-hydrogen) atoms. The molecule has 5 rings (SSSR count). The molecule has 0 radical (unpaired) electrons. The second kappa shape index (κ2) is 13.0. The largest absolute Gasteiger partial charge is 0.481 e. The Morgan fingerprint density at radius 1 is 1.02 bits per heavy atom. The third kappa shape index (κ3) is 6.19. The van der Waals surface area contributed by atoms with E-state index in [1.807, 2.05) is 30.3 Å². The van der Waals surface area contributed by atoms with Crippen molar-refractivity contribution < 1.29 is 14.6 Å². The molecule has 1 fully saturated rings. The molecule has 0 spiro atoms.